The lowest BCUT2D eigenvalue weighted by atomic mass is 10.0. The summed E-state index contributed by atoms with van der Waals surface area (Å²) in [7, 11) is 3.12. The van der Waals surface area contributed by atoms with Crippen LogP contribution in [0.25, 0.3) is 32.9 Å². The van der Waals surface area contributed by atoms with Gasteiger partial charge in [0, 0.05) is 30.2 Å². The maximum absolute atomic E-state index is 13.1. The number of benzene rings is 3. The summed E-state index contributed by atoms with van der Waals surface area (Å²) < 4.78 is 34.8. The summed E-state index contributed by atoms with van der Waals surface area (Å²) in [6.45, 7) is 4.51. The van der Waals surface area contributed by atoms with E-state index in [0.717, 1.165) is 16.7 Å². The van der Waals surface area contributed by atoms with Crippen molar-refractivity contribution >= 4 is 32.9 Å². The summed E-state index contributed by atoms with van der Waals surface area (Å²) in [5, 5.41) is 1.57. The van der Waals surface area contributed by atoms with Gasteiger partial charge in [-0.1, -0.05) is 42.0 Å². The molecule has 5 rings (SSSR count). The maximum Gasteiger partial charge on any atom is 0.348 e. The van der Waals surface area contributed by atoms with E-state index in [0.29, 0.717) is 63.2 Å². The molecule has 2 aromatic heterocycles. The lowest BCUT2D eigenvalue weighted by molar-refractivity contribution is 0.0504. The molecule has 0 spiro atoms. The molecule has 0 aliphatic carbocycles. The fourth-order valence-electron chi connectivity index (χ4n) is 4.36. The highest BCUT2D eigenvalue weighted by molar-refractivity contribution is 6.15. The average Bonchev–Trinajstić information content (AvgIpc) is 3.29. The lowest BCUT2D eigenvalue weighted by Gasteiger charge is -2.16. The van der Waals surface area contributed by atoms with Gasteiger partial charge in [-0.2, -0.15) is 0 Å². The third-order valence-electron chi connectivity index (χ3n) is 6.10. The first-order valence-electron chi connectivity index (χ1n) is 11.9. The van der Waals surface area contributed by atoms with Crippen LogP contribution >= 0.6 is 0 Å². The van der Waals surface area contributed by atoms with E-state index in [1.807, 2.05) is 56.3 Å². The Kier molecular flexibility index (Phi) is 6.88. The number of methoxy groups -OCH3 is 2. The largest absolute Gasteiger partial charge is 0.495 e. The minimum absolute atomic E-state index is 0.0410. The van der Waals surface area contributed by atoms with Gasteiger partial charge in [-0.25, -0.2) is 4.79 Å². The standard InChI is InChI=1S/C30H28O7/c1-18(2)10-12-22-23(35-17-32-3)15-25-27(28(22)33-4)29-26(30(31)37-25)21-13-11-20(14-24(21)36-29)34-16-19-8-6-5-7-9-19/h5-11,13-15H,12,16-17H2,1-4H3. The lowest BCUT2D eigenvalue weighted by Crippen LogP contribution is -2.05. The molecule has 190 valence electrons. The SMILES string of the molecule is COCOc1cc2oc(=O)c3c4ccc(OCc5ccccc5)cc4oc3c2c(OC)c1CC=C(C)C. The predicted molar refractivity (Wildman–Crippen MR) is 143 cm³/mol. The average molecular weight is 501 g/mol. The third kappa shape index (κ3) is 4.78. The molecule has 0 bridgehead atoms. The topological polar surface area (TPSA) is 80.3 Å². The minimum Gasteiger partial charge on any atom is -0.495 e. The van der Waals surface area contributed by atoms with Gasteiger partial charge < -0.3 is 27.8 Å². The van der Waals surface area contributed by atoms with Gasteiger partial charge in [-0.3, -0.25) is 0 Å². The number of ether oxygens (including phenoxy) is 4. The van der Waals surface area contributed by atoms with Crippen molar-refractivity contribution in [3.8, 4) is 17.2 Å². The van der Waals surface area contributed by atoms with Crippen LogP contribution in [0.5, 0.6) is 17.2 Å². The molecule has 3 aromatic carbocycles. The Morgan fingerprint density at radius 2 is 1.73 bits per heavy atom. The van der Waals surface area contributed by atoms with Crippen LogP contribution in [-0.2, 0) is 17.8 Å². The number of hydrogen-bond donors (Lipinski definition) is 0. The highest BCUT2D eigenvalue weighted by Gasteiger charge is 2.24. The zero-order valence-corrected chi connectivity index (χ0v) is 21.3. The highest BCUT2D eigenvalue weighted by Crippen LogP contribution is 2.43. The van der Waals surface area contributed by atoms with Crippen molar-refractivity contribution in [3.05, 3.63) is 87.8 Å². The van der Waals surface area contributed by atoms with Crippen molar-refractivity contribution in [1.29, 1.82) is 0 Å². The van der Waals surface area contributed by atoms with Gasteiger partial charge in [0.05, 0.1) is 7.11 Å². The zero-order chi connectivity index (χ0) is 25.9. The summed E-state index contributed by atoms with van der Waals surface area (Å²) in [6, 6.07) is 17.0. The molecule has 0 unspecified atom stereocenters. The van der Waals surface area contributed by atoms with Crippen LogP contribution in [0.3, 0.4) is 0 Å². The van der Waals surface area contributed by atoms with E-state index >= 15 is 0 Å². The fourth-order valence-corrected chi connectivity index (χ4v) is 4.36. The summed E-state index contributed by atoms with van der Waals surface area (Å²) in [6.07, 6.45) is 2.63. The monoisotopic (exact) mass is 500 g/mol. The van der Waals surface area contributed by atoms with E-state index in [4.69, 9.17) is 27.8 Å². The first-order chi connectivity index (χ1) is 18.0. The molecule has 5 aromatic rings. The first kappa shape index (κ1) is 24.5. The molecular weight excluding hydrogens is 472 g/mol. The van der Waals surface area contributed by atoms with E-state index in [2.05, 4.69) is 6.08 Å². The summed E-state index contributed by atoms with van der Waals surface area (Å²) >= 11 is 0. The quantitative estimate of drug-likeness (QED) is 0.125. The molecule has 0 saturated carbocycles. The Morgan fingerprint density at radius 3 is 2.46 bits per heavy atom. The second kappa shape index (κ2) is 10.4. The van der Waals surface area contributed by atoms with Crippen LogP contribution in [-0.4, -0.2) is 21.0 Å². The number of allylic oxidation sites excluding steroid dienone is 2. The van der Waals surface area contributed by atoms with Crippen LogP contribution in [0.15, 0.2) is 79.9 Å². The summed E-state index contributed by atoms with van der Waals surface area (Å²) in [5.74, 6) is 1.67. The van der Waals surface area contributed by atoms with Crippen LogP contribution in [0.2, 0.25) is 0 Å². The summed E-state index contributed by atoms with van der Waals surface area (Å²) in [5.41, 5.74) is 3.73. The molecule has 2 heterocycles. The van der Waals surface area contributed by atoms with Gasteiger partial charge in [-0.05, 0) is 38.0 Å². The molecule has 0 fully saturated rings. The number of furan rings is 1. The van der Waals surface area contributed by atoms with Crippen molar-refractivity contribution in [2.45, 2.75) is 26.9 Å². The Morgan fingerprint density at radius 1 is 0.919 bits per heavy atom. The number of hydrogen-bond acceptors (Lipinski definition) is 7. The first-order valence-corrected chi connectivity index (χ1v) is 11.9. The Bertz CT molecular complexity index is 1650. The van der Waals surface area contributed by atoms with E-state index in [-0.39, 0.29) is 6.79 Å². The normalized spacial score (nSPS) is 11.2. The Labute approximate surface area is 213 Å². The highest BCUT2D eigenvalue weighted by atomic mass is 16.7. The third-order valence-corrected chi connectivity index (χ3v) is 6.10. The molecule has 0 saturated heterocycles. The zero-order valence-electron chi connectivity index (χ0n) is 21.3. The molecule has 0 amide bonds. The smallest absolute Gasteiger partial charge is 0.348 e. The van der Waals surface area contributed by atoms with Crippen LogP contribution in [0, 0.1) is 0 Å². The van der Waals surface area contributed by atoms with Crippen molar-refractivity contribution in [2.24, 2.45) is 0 Å². The van der Waals surface area contributed by atoms with Gasteiger partial charge in [-0.15, -0.1) is 0 Å². The Hall–Kier alpha value is -4.23. The summed E-state index contributed by atoms with van der Waals surface area (Å²) in [4.78, 5) is 13.1. The van der Waals surface area contributed by atoms with Crippen molar-refractivity contribution < 1.29 is 27.8 Å². The fraction of sp³-hybridized carbons (Fsp3) is 0.233. The van der Waals surface area contributed by atoms with Crippen molar-refractivity contribution in [1.82, 2.24) is 0 Å². The maximum atomic E-state index is 13.1. The number of rotatable bonds is 9. The molecular formula is C30H28O7. The molecule has 0 atom stereocenters. The predicted octanol–water partition coefficient (Wildman–Crippen LogP) is 6.77. The van der Waals surface area contributed by atoms with E-state index in [1.54, 1.807) is 26.4 Å². The van der Waals surface area contributed by atoms with Gasteiger partial charge in [0.2, 0.25) is 0 Å². The molecule has 7 nitrogen and oxygen atoms in total. The Balaban J connectivity index is 1.69. The van der Waals surface area contributed by atoms with Gasteiger partial charge >= 0.3 is 5.63 Å². The van der Waals surface area contributed by atoms with Crippen molar-refractivity contribution in [2.75, 3.05) is 21.0 Å². The number of fused-ring (bicyclic) bond motifs is 5. The molecule has 0 aliphatic rings. The van der Waals surface area contributed by atoms with E-state index < -0.39 is 5.63 Å². The van der Waals surface area contributed by atoms with Crippen LogP contribution < -0.4 is 19.8 Å². The molecule has 0 aliphatic heterocycles. The van der Waals surface area contributed by atoms with Gasteiger partial charge in [0.25, 0.3) is 0 Å². The molecule has 37 heavy (non-hydrogen) atoms. The second-order valence-corrected chi connectivity index (χ2v) is 8.92. The molecule has 0 N–H and O–H groups in total. The van der Waals surface area contributed by atoms with Gasteiger partial charge in [0.1, 0.15) is 45.8 Å². The van der Waals surface area contributed by atoms with E-state index in [9.17, 15) is 4.79 Å². The van der Waals surface area contributed by atoms with E-state index in [1.165, 1.54) is 0 Å². The van der Waals surface area contributed by atoms with Crippen LogP contribution in [0.1, 0.15) is 25.0 Å². The van der Waals surface area contributed by atoms with Gasteiger partial charge in [0.15, 0.2) is 12.4 Å². The second-order valence-electron chi connectivity index (χ2n) is 8.92. The molecule has 7 heteroatoms. The van der Waals surface area contributed by atoms with Crippen LogP contribution in [0.4, 0.5) is 0 Å². The minimum atomic E-state index is -0.504. The molecule has 0 radical (unpaired) electrons. The van der Waals surface area contributed by atoms with Crippen molar-refractivity contribution in [3.63, 3.8) is 0 Å².